The summed E-state index contributed by atoms with van der Waals surface area (Å²) in [7, 11) is 0. The molecule has 2 amide bonds. The Bertz CT molecular complexity index is 1030. The molecule has 3 aliphatic heterocycles. The molecule has 39 heavy (non-hydrogen) atoms. The Morgan fingerprint density at radius 1 is 1.21 bits per heavy atom. The molecule has 0 radical (unpaired) electrons. The van der Waals surface area contributed by atoms with Gasteiger partial charge in [0.1, 0.15) is 5.75 Å². The normalized spacial score (nSPS) is 22.9. The van der Waals surface area contributed by atoms with E-state index in [1.165, 1.54) is 0 Å². The Hall–Kier alpha value is -2.94. The average Bonchev–Trinajstić information content (AvgIpc) is 3.54. The molecule has 4 rings (SSSR count). The molecule has 1 N–H and O–H groups in total. The van der Waals surface area contributed by atoms with Gasteiger partial charge in [-0.3, -0.25) is 19.3 Å². The van der Waals surface area contributed by atoms with Crippen molar-refractivity contribution in [2.24, 2.45) is 10.9 Å². The van der Waals surface area contributed by atoms with Crippen LogP contribution >= 0.6 is 0 Å². The van der Waals surface area contributed by atoms with E-state index in [-0.39, 0.29) is 30.3 Å². The van der Waals surface area contributed by atoms with Gasteiger partial charge < -0.3 is 24.6 Å². The van der Waals surface area contributed by atoms with Crippen molar-refractivity contribution in [2.75, 3.05) is 52.4 Å². The lowest BCUT2D eigenvalue weighted by atomic mass is 9.83. The molecule has 0 spiro atoms. The van der Waals surface area contributed by atoms with E-state index in [2.05, 4.69) is 29.6 Å². The van der Waals surface area contributed by atoms with E-state index in [1.54, 1.807) is 0 Å². The van der Waals surface area contributed by atoms with Gasteiger partial charge in [-0.25, -0.2) is 0 Å². The number of carboxylic acid groups (broad SMARTS) is 1. The van der Waals surface area contributed by atoms with Crippen LogP contribution < -0.4 is 4.74 Å². The van der Waals surface area contributed by atoms with Crippen molar-refractivity contribution in [1.82, 2.24) is 14.7 Å². The average molecular weight is 541 g/mol. The summed E-state index contributed by atoms with van der Waals surface area (Å²) in [6.07, 6.45) is 6.48. The number of hydrogen-bond donors (Lipinski definition) is 1. The molecule has 0 unspecified atom stereocenters. The van der Waals surface area contributed by atoms with Gasteiger partial charge in [0, 0.05) is 64.1 Å². The van der Waals surface area contributed by atoms with Crippen LogP contribution in [0.15, 0.2) is 23.2 Å². The second-order valence-electron chi connectivity index (χ2n) is 11.1. The number of fused-ring (bicyclic) bond motifs is 1. The number of rotatable bonds is 14. The highest BCUT2D eigenvalue weighted by molar-refractivity contribution is 5.79. The Balaban J connectivity index is 1.56. The molecule has 3 aliphatic rings. The number of carbonyl (C=O) groups is 3. The van der Waals surface area contributed by atoms with E-state index in [1.807, 2.05) is 21.9 Å². The van der Waals surface area contributed by atoms with Gasteiger partial charge in [0.2, 0.25) is 11.8 Å². The zero-order chi connectivity index (χ0) is 27.8. The van der Waals surface area contributed by atoms with E-state index < -0.39 is 11.9 Å². The summed E-state index contributed by atoms with van der Waals surface area (Å²) in [6.45, 7) is 10.1. The third kappa shape index (κ3) is 7.18. The maximum absolute atomic E-state index is 13.6. The first kappa shape index (κ1) is 29.1. The number of ether oxygens (including phenoxy) is 1. The molecule has 3 atom stereocenters. The van der Waals surface area contributed by atoms with Gasteiger partial charge in [-0.15, -0.1) is 0 Å². The van der Waals surface area contributed by atoms with Gasteiger partial charge in [-0.2, -0.15) is 0 Å². The molecule has 1 aromatic rings. The first-order valence-corrected chi connectivity index (χ1v) is 14.6. The number of amides is 2. The molecule has 0 saturated carbocycles. The fourth-order valence-corrected chi connectivity index (χ4v) is 6.37. The van der Waals surface area contributed by atoms with Crippen molar-refractivity contribution < 1.29 is 24.2 Å². The number of aliphatic carboxylic acids is 1. The molecule has 1 aromatic carbocycles. The van der Waals surface area contributed by atoms with E-state index in [0.29, 0.717) is 52.2 Å². The fourth-order valence-electron chi connectivity index (χ4n) is 6.37. The van der Waals surface area contributed by atoms with Gasteiger partial charge in [0.05, 0.1) is 19.1 Å². The van der Waals surface area contributed by atoms with Gasteiger partial charge in [0.15, 0.2) is 0 Å². The molecule has 0 aromatic heterocycles. The van der Waals surface area contributed by atoms with Gasteiger partial charge in [-0.1, -0.05) is 25.5 Å². The Morgan fingerprint density at radius 2 is 2.03 bits per heavy atom. The van der Waals surface area contributed by atoms with Crippen LogP contribution in [0.5, 0.6) is 5.75 Å². The highest BCUT2D eigenvalue weighted by atomic mass is 16.5. The first-order valence-electron chi connectivity index (χ1n) is 14.6. The lowest BCUT2D eigenvalue weighted by molar-refractivity contribution is -0.144. The number of aliphatic imine (C=N–C) groups is 1. The molecule has 3 heterocycles. The fraction of sp³-hybridized carbons (Fsp3) is 0.667. The quantitative estimate of drug-likeness (QED) is 0.287. The third-order valence-electron chi connectivity index (χ3n) is 8.51. The molecule has 0 aliphatic carbocycles. The predicted molar refractivity (Wildman–Crippen MR) is 150 cm³/mol. The molecule has 2 fully saturated rings. The van der Waals surface area contributed by atoms with Crippen LogP contribution in [0.25, 0.3) is 0 Å². The summed E-state index contributed by atoms with van der Waals surface area (Å²) in [5.41, 5.74) is 2.10. The minimum absolute atomic E-state index is 0.0266. The zero-order valence-electron chi connectivity index (χ0n) is 23.4. The van der Waals surface area contributed by atoms with Crippen molar-refractivity contribution in [1.29, 1.82) is 0 Å². The highest BCUT2D eigenvalue weighted by Crippen LogP contribution is 2.41. The SMILES string of the molecule is C=NCCCN(CCCC)C(=O)CN1C[C@H](c2ccc3c(c2)CCO3)[C@@H](C(=O)O)[C@@H]1CCN1CCCCC1=O. The number of unbranched alkanes of at least 4 members (excludes halogenated alkanes) is 1. The van der Waals surface area contributed by atoms with Gasteiger partial charge >= 0.3 is 5.97 Å². The molecular weight excluding hydrogens is 496 g/mol. The predicted octanol–water partition coefficient (Wildman–Crippen LogP) is 3.21. The number of hydrogen-bond acceptors (Lipinski definition) is 6. The summed E-state index contributed by atoms with van der Waals surface area (Å²) >= 11 is 0. The van der Waals surface area contributed by atoms with Crippen LogP contribution in [0.1, 0.15) is 68.9 Å². The minimum atomic E-state index is -0.846. The molecule has 2 saturated heterocycles. The summed E-state index contributed by atoms with van der Waals surface area (Å²) in [6, 6.07) is 5.69. The number of benzene rings is 1. The number of nitrogens with zero attached hydrogens (tertiary/aromatic N) is 4. The second kappa shape index (κ2) is 13.9. The van der Waals surface area contributed by atoms with Crippen molar-refractivity contribution in [2.45, 2.75) is 70.3 Å². The van der Waals surface area contributed by atoms with E-state index in [0.717, 1.165) is 61.9 Å². The smallest absolute Gasteiger partial charge is 0.308 e. The topological polar surface area (TPSA) is 103 Å². The molecule has 9 nitrogen and oxygen atoms in total. The van der Waals surface area contributed by atoms with Crippen molar-refractivity contribution in [3.63, 3.8) is 0 Å². The first-order chi connectivity index (χ1) is 18.9. The molecule has 9 heteroatoms. The van der Waals surface area contributed by atoms with Crippen molar-refractivity contribution in [3.05, 3.63) is 29.3 Å². The summed E-state index contributed by atoms with van der Waals surface area (Å²) in [5, 5.41) is 10.5. The highest BCUT2D eigenvalue weighted by Gasteiger charge is 2.47. The standard InChI is InChI=1S/C30H44N4O5/c1-3-4-14-32(16-7-13-31-2)28(36)21-34-20-24(22-9-10-26-23(19-22)12-18-39-26)29(30(37)38)25(34)11-17-33-15-6-5-8-27(33)35/h9-10,19,24-25,29H,2-8,11-18,20-21H2,1H3,(H,37,38)/t24-,25+,29-/m1/s1. The summed E-state index contributed by atoms with van der Waals surface area (Å²) < 4.78 is 5.67. The second-order valence-corrected chi connectivity index (χ2v) is 11.1. The van der Waals surface area contributed by atoms with Crippen LogP contribution in [0.2, 0.25) is 0 Å². The van der Waals surface area contributed by atoms with Crippen LogP contribution in [-0.2, 0) is 20.8 Å². The largest absolute Gasteiger partial charge is 0.493 e. The summed E-state index contributed by atoms with van der Waals surface area (Å²) in [5.74, 6) is -0.702. The van der Waals surface area contributed by atoms with Gasteiger partial charge in [0.25, 0.3) is 0 Å². The van der Waals surface area contributed by atoms with Crippen LogP contribution in [0.4, 0.5) is 0 Å². The number of likely N-dealkylation sites (tertiary alicyclic amines) is 2. The lowest BCUT2D eigenvalue weighted by Crippen LogP contribution is -2.46. The maximum Gasteiger partial charge on any atom is 0.308 e. The van der Waals surface area contributed by atoms with Crippen LogP contribution in [-0.4, -0.2) is 103 Å². The number of carbonyl (C=O) groups excluding carboxylic acids is 2. The zero-order valence-corrected chi connectivity index (χ0v) is 23.4. The minimum Gasteiger partial charge on any atom is -0.493 e. The number of carboxylic acids is 1. The molecular formula is C30H44N4O5. The maximum atomic E-state index is 13.6. The van der Waals surface area contributed by atoms with Crippen molar-refractivity contribution >= 4 is 24.5 Å². The van der Waals surface area contributed by atoms with Crippen LogP contribution in [0, 0.1) is 5.92 Å². The molecule has 214 valence electrons. The van der Waals surface area contributed by atoms with Gasteiger partial charge in [-0.05, 0) is 56.0 Å². The third-order valence-corrected chi connectivity index (χ3v) is 8.51. The van der Waals surface area contributed by atoms with Crippen molar-refractivity contribution in [3.8, 4) is 5.75 Å². The van der Waals surface area contributed by atoms with E-state index >= 15 is 0 Å². The van der Waals surface area contributed by atoms with E-state index in [4.69, 9.17) is 4.74 Å². The Kier molecular flexibility index (Phi) is 10.4. The molecule has 0 bridgehead atoms. The Labute approximate surface area is 232 Å². The monoisotopic (exact) mass is 540 g/mol. The Morgan fingerprint density at radius 3 is 2.77 bits per heavy atom. The summed E-state index contributed by atoms with van der Waals surface area (Å²) in [4.78, 5) is 48.6. The van der Waals surface area contributed by atoms with E-state index in [9.17, 15) is 19.5 Å². The number of piperidine rings is 1. The van der Waals surface area contributed by atoms with Crippen LogP contribution in [0.3, 0.4) is 0 Å². The lowest BCUT2D eigenvalue weighted by Gasteiger charge is -2.32.